The third-order valence-electron chi connectivity index (χ3n) is 5.64. The average Bonchev–Trinajstić information content (AvgIpc) is 2.75. The van der Waals surface area contributed by atoms with Crippen LogP contribution in [0.1, 0.15) is 40.2 Å². The molecular weight excluding hydrogens is 492 g/mol. The third kappa shape index (κ3) is 5.89. The van der Waals surface area contributed by atoms with Gasteiger partial charge >= 0.3 is 17.8 Å². The molecule has 0 spiro atoms. The Kier molecular flexibility index (Phi) is 7.63. The molecule has 0 aliphatic carbocycles. The number of fused-ring (bicyclic) bond motifs is 1. The Morgan fingerprint density at radius 3 is 2.43 bits per heavy atom. The molecule has 0 saturated carbocycles. The Morgan fingerprint density at radius 2 is 1.86 bits per heavy atom. The number of anilines is 1. The van der Waals surface area contributed by atoms with Gasteiger partial charge in [-0.2, -0.15) is 0 Å². The number of nitrogens with two attached hydrogens (primary N) is 1. The fraction of sp³-hybridized carbons (Fsp3) is 0.542. The molecule has 1 saturated heterocycles. The number of ether oxygens (including phenoxy) is 5. The first-order chi connectivity index (χ1) is 17.1. The molecule has 0 radical (unpaired) electrons. The summed E-state index contributed by atoms with van der Waals surface area (Å²) in [6.45, 7) is 9.80. The summed E-state index contributed by atoms with van der Waals surface area (Å²) in [5.41, 5.74) is 2.01. The molecule has 204 valence electrons. The average molecular weight is 525 g/mol. The Bertz CT molecular complexity index is 1250. The summed E-state index contributed by atoms with van der Waals surface area (Å²) in [5, 5.41) is 23.8. The molecule has 1 fully saturated rings. The maximum Gasteiger partial charge on any atom is 0.412 e. The molecule has 13 heteroatoms. The fourth-order valence-corrected chi connectivity index (χ4v) is 4.08. The Labute approximate surface area is 212 Å². The van der Waals surface area contributed by atoms with E-state index < -0.39 is 65.1 Å². The normalized spacial score (nSPS) is 23.4. The standard InChI is InChI=1S/C24H32N2O11/c1-10-12(33-20-15(28)17(35-21(25)30)18(32-7)24(5,6)36-20)9-8-11-14(27)13(19(29)34-16(10)11)26-22(31)37-23(2,3)4/h8-9,15,17-18,20,27-28H,1-7H3,(H2,25,30)(H,26,31)/t15-,17+,18-,20-/m1/s1. The van der Waals surface area contributed by atoms with Crippen LogP contribution in [0, 0.1) is 6.92 Å². The number of primary amides is 1. The first-order valence-electron chi connectivity index (χ1n) is 11.4. The molecule has 37 heavy (non-hydrogen) atoms. The van der Waals surface area contributed by atoms with Crippen molar-refractivity contribution in [1.82, 2.24) is 0 Å². The van der Waals surface area contributed by atoms with Gasteiger partial charge in [0, 0.05) is 12.7 Å². The summed E-state index contributed by atoms with van der Waals surface area (Å²) >= 11 is 0. The van der Waals surface area contributed by atoms with Crippen LogP contribution in [0.25, 0.3) is 11.0 Å². The van der Waals surface area contributed by atoms with Crippen molar-refractivity contribution in [1.29, 1.82) is 0 Å². The summed E-state index contributed by atoms with van der Waals surface area (Å²) in [4.78, 5) is 36.1. The van der Waals surface area contributed by atoms with Crippen LogP contribution in [0.15, 0.2) is 21.3 Å². The number of aromatic hydroxyl groups is 1. The lowest BCUT2D eigenvalue weighted by Crippen LogP contribution is -2.65. The van der Waals surface area contributed by atoms with Crippen LogP contribution in [0.4, 0.5) is 15.3 Å². The van der Waals surface area contributed by atoms with E-state index in [9.17, 15) is 24.6 Å². The van der Waals surface area contributed by atoms with E-state index in [0.717, 1.165) is 0 Å². The minimum atomic E-state index is -1.50. The van der Waals surface area contributed by atoms with Gasteiger partial charge < -0.3 is 44.0 Å². The first-order valence-corrected chi connectivity index (χ1v) is 11.4. The highest BCUT2D eigenvalue weighted by atomic mass is 16.7. The summed E-state index contributed by atoms with van der Waals surface area (Å²) in [6, 6.07) is 2.84. The zero-order chi connectivity index (χ0) is 27.9. The number of amides is 2. The largest absolute Gasteiger partial charge is 0.505 e. The van der Waals surface area contributed by atoms with Crippen molar-refractivity contribution in [2.75, 3.05) is 12.4 Å². The zero-order valence-corrected chi connectivity index (χ0v) is 21.6. The number of aryl methyl sites for hydroxylation is 1. The minimum absolute atomic E-state index is 0.0287. The Morgan fingerprint density at radius 1 is 1.22 bits per heavy atom. The van der Waals surface area contributed by atoms with Crippen molar-refractivity contribution < 1.29 is 47.9 Å². The summed E-state index contributed by atoms with van der Waals surface area (Å²) < 4.78 is 32.7. The van der Waals surface area contributed by atoms with Crippen LogP contribution in [0.3, 0.4) is 0 Å². The van der Waals surface area contributed by atoms with Gasteiger partial charge in [-0.1, -0.05) is 0 Å². The van der Waals surface area contributed by atoms with Crippen LogP contribution in [-0.2, 0) is 18.9 Å². The van der Waals surface area contributed by atoms with Gasteiger partial charge in [0.05, 0.1) is 11.0 Å². The number of aliphatic hydroxyl groups excluding tert-OH is 1. The second-order valence-corrected chi connectivity index (χ2v) is 10.1. The number of methoxy groups -OCH3 is 1. The molecule has 1 aliphatic heterocycles. The molecule has 0 unspecified atom stereocenters. The van der Waals surface area contributed by atoms with Crippen molar-refractivity contribution in [2.24, 2.45) is 5.73 Å². The lowest BCUT2D eigenvalue weighted by Gasteiger charge is -2.47. The van der Waals surface area contributed by atoms with Gasteiger partial charge in [0.25, 0.3) is 0 Å². The molecule has 5 N–H and O–H groups in total. The van der Waals surface area contributed by atoms with Gasteiger partial charge in [-0.3, -0.25) is 5.32 Å². The number of aliphatic hydroxyl groups is 1. The van der Waals surface area contributed by atoms with Crippen molar-refractivity contribution >= 4 is 28.8 Å². The number of hydrogen-bond donors (Lipinski definition) is 4. The second-order valence-electron chi connectivity index (χ2n) is 10.1. The van der Waals surface area contributed by atoms with Crippen molar-refractivity contribution in [3.8, 4) is 11.5 Å². The maximum atomic E-state index is 12.6. The van der Waals surface area contributed by atoms with E-state index in [1.54, 1.807) is 41.5 Å². The zero-order valence-electron chi connectivity index (χ0n) is 21.6. The molecule has 1 aromatic heterocycles. The van der Waals surface area contributed by atoms with Gasteiger partial charge in [0.15, 0.2) is 23.6 Å². The van der Waals surface area contributed by atoms with E-state index in [2.05, 4.69) is 5.32 Å². The van der Waals surface area contributed by atoms with E-state index >= 15 is 0 Å². The highest BCUT2D eigenvalue weighted by molar-refractivity contribution is 5.95. The Hall–Kier alpha value is -3.55. The van der Waals surface area contributed by atoms with Crippen LogP contribution in [0.5, 0.6) is 11.5 Å². The first kappa shape index (κ1) is 28.0. The topological polar surface area (TPSA) is 189 Å². The molecule has 13 nitrogen and oxygen atoms in total. The van der Waals surface area contributed by atoms with E-state index in [-0.39, 0.29) is 22.3 Å². The number of rotatable bonds is 5. The van der Waals surface area contributed by atoms with Gasteiger partial charge in [0.2, 0.25) is 6.29 Å². The van der Waals surface area contributed by atoms with Gasteiger partial charge in [-0.05, 0) is 53.7 Å². The maximum absolute atomic E-state index is 12.6. The third-order valence-corrected chi connectivity index (χ3v) is 5.64. The van der Waals surface area contributed by atoms with Gasteiger partial charge in [0.1, 0.15) is 23.0 Å². The molecular formula is C24H32N2O11. The highest BCUT2D eigenvalue weighted by Gasteiger charge is 2.53. The van der Waals surface area contributed by atoms with Crippen molar-refractivity contribution in [2.45, 2.75) is 77.3 Å². The lowest BCUT2D eigenvalue weighted by atomic mass is 9.89. The lowest BCUT2D eigenvalue weighted by molar-refractivity contribution is -0.304. The monoisotopic (exact) mass is 524 g/mol. The number of carbonyl (C=O) groups is 2. The smallest absolute Gasteiger partial charge is 0.412 e. The fourth-order valence-electron chi connectivity index (χ4n) is 4.08. The number of nitrogens with one attached hydrogen (secondary N) is 1. The molecule has 2 amide bonds. The van der Waals surface area contributed by atoms with Gasteiger partial charge in [-0.25, -0.2) is 14.4 Å². The Balaban J connectivity index is 1.95. The molecule has 0 bridgehead atoms. The highest BCUT2D eigenvalue weighted by Crippen LogP contribution is 2.38. The van der Waals surface area contributed by atoms with Crippen LogP contribution < -0.4 is 21.4 Å². The van der Waals surface area contributed by atoms with E-state index in [0.29, 0.717) is 0 Å². The quantitative estimate of drug-likeness (QED) is 0.421. The SMILES string of the molecule is CO[C@@H]1[C@@H](OC(N)=O)[C@@H](O)[C@H](Oc2ccc3c(O)c(NC(=O)OC(C)(C)C)c(=O)oc3c2C)OC1(C)C. The van der Waals surface area contributed by atoms with E-state index in [4.69, 9.17) is 33.8 Å². The number of hydrogen-bond acceptors (Lipinski definition) is 11. The van der Waals surface area contributed by atoms with Crippen molar-refractivity contribution in [3.63, 3.8) is 0 Å². The van der Waals surface area contributed by atoms with Crippen LogP contribution in [0.2, 0.25) is 0 Å². The summed E-state index contributed by atoms with van der Waals surface area (Å²) in [5.74, 6) is -0.392. The summed E-state index contributed by atoms with van der Waals surface area (Å²) in [6.07, 6.45) is -6.97. The molecule has 4 atom stereocenters. The van der Waals surface area contributed by atoms with Crippen LogP contribution >= 0.6 is 0 Å². The predicted molar refractivity (Wildman–Crippen MR) is 130 cm³/mol. The second kappa shape index (κ2) is 10.1. The van der Waals surface area contributed by atoms with Gasteiger partial charge in [-0.15, -0.1) is 0 Å². The minimum Gasteiger partial charge on any atom is -0.505 e. The van der Waals surface area contributed by atoms with E-state index in [1.807, 2.05) is 0 Å². The summed E-state index contributed by atoms with van der Waals surface area (Å²) in [7, 11) is 1.37. The molecule has 3 rings (SSSR count). The molecule has 1 aliphatic rings. The number of carbonyl (C=O) groups excluding carboxylic acids is 2. The predicted octanol–water partition coefficient (Wildman–Crippen LogP) is 2.51. The molecule has 1 aromatic carbocycles. The van der Waals surface area contributed by atoms with Crippen molar-refractivity contribution in [3.05, 3.63) is 28.1 Å². The number of benzene rings is 1. The van der Waals surface area contributed by atoms with Crippen LogP contribution in [-0.4, -0.2) is 65.3 Å². The van der Waals surface area contributed by atoms with E-state index in [1.165, 1.54) is 19.2 Å². The molecule has 2 aromatic rings. The molecule has 2 heterocycles.